The van der Waals surface area contributed by atoms with Crippen molar-refractivity contribution in [3.63, 3.8) is 0 Å². The number of ketones is 1. The zero-order valence-electron chi connectivity index (χ0n) is 23.2. The first-order chi connectivity index (χ1) is 17.9. The maximum atomic E-state index is 13.7. The molecular weight excluding hydrogens is 488 g/mol. The minimum absolute atomic E-state index is 0.0138. The molecule has 1 fully saturated rings. The summed E-state index contributed by atoms with van der Waals surface area (Å²) in [6, 6.07) is 9.87. The number of methoxy groups -OCH3 is 1. The number of piperidine rings is 1. The fourth-order valence-electron chi connectivity index (χ4n) is 6.23. The first kappa shape index (κ1) is 28.0. The lowest BCUT2D eigenvalue weighted by molar-refractivity contribution is -0.0384. The maximum Gasteiger partial charge on any atom is 0.257 e. The number of aromatic nitrogens is 2. The fourth-order valence-corrected chi connectivity index (χ4v) is 6.23. The number of hydrogen-bond donors (Lipinski definition) is 1. The second-order valence-corrected chi connectivity index (χ2v) is 11.0. The van der Waals surface area contributed by atoms with Gasteiger partial charge >= 0.3 is 0 Å². The van der Waals surface area contributed by atoms with Crippen molar-refractivity contribution in [3.05, 3.63) is 63.2 Å². The van der Waals surface area contributed by atoms with Crippen LogP contribution in [0.25, 0.3) is 10.9 Å². The number of benzene rings is 1. The highest BCUT2D eigenvalue weighted by molar-refractivity contribution is 6.09. The van der Waals surface area contributed by atoms with Crippen molar-refractivity contribution in [2.24, 2.45) is 5.92 Å². The first-order valence-electron chi connectivity index (χ1n) is 13.4. The lowest BCUT2D eigenvalue weighted by Crippen LogP contribution is -2.46. The molecule has 0 aliphatic carbocycles. The third-order valence-electron chi connectivity index (χ3n) is 8.11. The molecule has 3 atom stereocenters. The molecule has 1 aliphatic heterocycles. The number of fused-ring (bicyclic) bond motifs is 1. The minimum Gasteiger partial charge on any atom is -0.496 e. The minimum atomic E-state index is -2.71. The van der Waals surface area contributed by atoms with Gasteiger partial charge in [0.15, 0.2) is 5.78 Å². The molecule has 38 heavy (non-hydrogen) atoms. The number of hydrogen-bond acceptors (Lipinski definition) is 4. The number of aryl methyl sites for hydroxylation is 1. The molecule has 0 amide bonds. The number of pyridine rings is 1. The molecule has 1 N–H and O–H groups in total. The van der Waals surface area contributed by atoms with Crippen molar-refractivity contribution in [2.75, 3.05) is 20.2 Å². The van der Waals surface area contributed by atoms with Gasteiger partial charge in [0.2, 0.25) is 0 Å². The van der Waals surface area contributed by atoms with Crippen molar-refractivity contribution < 1.29 is 18.3 Å². The van der Waals surface area contributed by atoms with E-state index in [2.05, 4.69) is 16.5 Å². The highest BCUT2D eigenvalue weighted by Gasteiger charge is 2.35. The Morgan fingerprint density at radius 3 is 2.63 bits per heavy atom. The van der Waals surface area contributed by atoms with Crippen molar-refractivity contribution in [2.45, 2.75) is 78.3 Å². The number of halogens is 2. The van der Waals surface area contributed by atoms with Crippen LogP contribution in [-0.2, 0) is 6.42 Å². The number of ether oxygens (including phenoxy) is 1. The van der Waals surface area contributed by atoms with Crippen LogP contribution in [0.2, 0.25) is 0 Å². The van der Waals surface area contributed by atoms with E-state index in [1.165, 1.54) is 7.11 Å². The summed E-state index contributed by atoms with van der Waals surface area (Å²) in [4.78, 5) is 30.9. The number of nitrogens with zero attached hydrogens (tertiary/aromatic N) is 2. The molecule has 1 saturated heterocycles. The van der Waals surface area contributed by atoms with E-state index in [4.69, 9.17) is 4.74 Å². The second kappa shape index (κ2) is 11.0. The Morgan fingerprint density at radius 1 is 1.26 bits per heavy atom. The third kappa shape index (κ3) is 5.70. The highest BCUT2D eigenvalue weighted by atomic mass is 19.3. The normalized spacial score (nSPS) is 19.6. The Morgan fingerprint density at radius 2 is 1.97 bits per heavy atom. The summed E-state index contributed by atoms with van der Waals surface area (Å²) in [7, 11) is 1.53. The quantitative estimate of drug-likeness (QED) is 0.342. The standard InChI is InChI=1S/C30H39F2N3O3/c1-18-15-27(38-6)24(29(37)33-18)11-12-26(36)28-21(4)35(25-10-8-7-9-23(25)28)20(3)22-13-14-34(19(2)16-22)17-30(5,31)32/h7-10,15,19-20,22H,11-14,16-17H2,1-6H3,(H,33,37). The molecule has 3 unspecified atom stereocenters. The number of H-pyrrole nitrogens is 1. The average molecular weight is 528 g/mol. The van der Waals surface area contributed by atoms with Crippen molar-refractivity contribution >= 4 is 16.7 Å². The monoisotopic (exact) mass is 527 g/mol. The van der Waals surface area contributed by atoms with E-state index in [1.807, 2.05) is 43.0 Å². The zero-order chi connectivity index (χ0) is 27.8. The van der Waals surface area contributed by atoms with Gasteiger partial charge in [-0.1, -0.05) is 18.2 Å². The highest BCUT2D eigenvalue weighted by Crippen LogP contribution is 2.38. The Balaban J connectivity index is 1.60. The van der Waals surface area contributed by atoms with E-state index >= 15 is 0 Å². The van der Waals surface area contributed by atoms with Crippen molar-refractivity contribution in [3.8, 4) is 5.75 Å². The summed E-state index contributed by atoms with van der Waals surface area (Å²) in [5.74, 6) is -1.92. The van der Waals surface area contributed by atoms with Gasteiger partial charge in [-0.25, -0.2) is 8.78 Å². The number of para-hydroxylation sites is 1. The van der Waals surface area contributed by atoms with Crippen LogP contribution < -0.4 is 10.3 Å². The number of nitrogens with one attached hydrogen (secondary N) is 1. The lowest BCUT2D eigenvalue weighted by Gasteiger charge is -2.41. The van der Waals surface area contributed by atoms with E-state index < -0.39 is 5.92 Å². The predicted octanol–water partition coefficient (Wildman–Crippen LogP) is 6.09. The topological polar surface area (TPSA) is 67.3 Å². The first-order valence-corrected chi connectivity index (χ1v) is 13.4. The Bertz CT molecular complexity index is 1370. The molecule has 6 nitrogen and oxygen atoms in total. The SMILES string of the molecule is COc1cc(C)[nH]c(=O)c1CCC(=O)c1c(C)n(C(C)C2CCN(CC(C)(F)F)C(C)C2)c2ccccc12. The van der Waals surface area contributed by atoms with Crippen LogP contribution in [-0.4, -0.2) is 52.4 Å². The molecule has 2 aromatic heterocycles. The van der Waals surface area contributed by atoms with Crippen LogP contribution in [0.4, 0.5) is 8.78 Å². The molecule has 1 aliphatic rings. The van der Waals surface area contributed by atoms with Gasteiger partial charge in [-0.2, -0.15) is 0 Å². The summed E-state index contributed by atoms with van der Waals surface area (Å²) in [5, 5.41) is 0.905. The summed E-state index contributed by atoms with van der Waals surface area (Å²) in [5.41, 5.74) is 3.54. The molecule has 0 spiro atoms. The number of rotatable bonds is 9. The molecule has 206 valence electrons. The molecular formula is C30H39F2N3O3. The maximum absolute atomic E-state index is 13.7. The summed E-state index contributed by atoms with van der Waals surface area (Å²) >= 11 is 0. The van der Waals surface area contributed by atoms with E-state index in [9.17, 15) is 18.4 Å². The summed E-state index contributed by atoms with van der Waals surface area (Å²) in [6.07, 6.45) is 2.12. The van der Waals surface area contributed by atoms with Gasteiger partial charge in [0.05, 0.1) is 19.2 Å². The van der Waals surface area contributed by atoms with Gasteiger partial charge in [-0.15, -0.1) is 0 Å². The Kier molecular flexibility index (Phi) is 8.12. The van der Waals surface area contributed by atoms with Crippen molar-refractivity contribution in [1.29, 1.82) is 0 Å². The molecule has 0 bridgehead atoms. The largest absolute Gasteiger partial charge is 0.496 e. The zero-order valence-corrected chi connectivity index (χ0v) is 23.2. The lowest BCUT2D eigenvalue weighted by atomic mass is 9.86. The van der Waals surface area contributed by atoms with Crippen molar-refractivity contribution in [1.82, 2.24) is 14.5 Å². The van der Waals surface area contributed by atoms with Crippen LogP contribution in [0.5, 0.6) is 5.75 Å². The number of alkyl halides is 2. The van der Waals surface area contributed by atoms with Gasteiger partial charge in [0, 0.05) is 53.3 Å². The smallest absolute Gasteiger partial charge is 0.257 e. The molecule has 3 aromatic rings. The Hall–Kier alpha value is -3.00. The third-order valence-corrected chi connectivity index (χ3v) is 8.11. The molecule has 3 heterocycles. The van der Waals surface area contributed by atoms with Crippen LogP contribution in [0.1, 0.15) is 73.4 Å². The average Bonchev–Trinajstić information content (AvgIpc) is 3.14. The van der Waals surface area contributed by atoms with Gasteiger partial charge in [0.25, 0.3) is 11.5 Å². The second-order valence-electron chi connectivity index (χ2n) is 11.0. The fraction of sp³-hybridized carbons (Fsp3) is 0.533. The van der Waals surface area contributed by atoms with E-state index in [0.717, 1.165) is 36.4 Å². The van der Waals surface area contributed by atoms with E-state index in [0.29, 0.717) is 35.0 Å². The molecule has 1 aromatic carbocycles. The van der Waals surface area contributed by atoms with Crippen LogP contribution in [0, 0.1) is 19.8 Å². The van der Waals surface area contributed by atoms with Gasteiger partial charge in [-0.3, -0.25) is 14.5 Å². The number of aromatic amines is 1. The van der Waals surface area contributed by atoms with E-state index in [1.54, 1.807) is 13.0 Å². The molecule has 4 rings (SSSR count). The van der Waals surface area contributed by atoms with Gasteiger partial charge in [0.1, 0.15) is 5.75 Å². The molecule has 8 heteroatoms. The molecule has 0 radical (unpaired) electrons. The predicted molar refractivity (Wildman–Crippen MR) is 147 cm³/mol. The number of Topliss-reactive ketones (excluding diaryl/α,β-unsaturated/α-hetero) is 1. The number of likely N-dealkylation sites (tertiary alicyclic amines) is 1. The van der Waals surface area contributed by atoms with E-state index in [-0.39, 0.29) is 42.8 Å². The van der Waals surface area contributed by atoms with Gasteiger partial charge < -0.3 is 14.3 Å². The number of carbonyl (C=O) groups excluding carboxylic acids is 1. The molecule has 0 saturated carbocycles. The summed E-state index contributed by atoms with van der Waals surface area (Å²) in [6.45, 7) is 9.38. The van der Waals surface area contributed by atoms with Crippen LogP contribution in [0.3, 0.4) is 0 Å². The number of carbonyl (C=O) groups is 1. The Labute approximate surface area is 223 Å². The summed E-state index contributed by atoms with van der Waals surface area (Å²) < 4.78 is 35.0. The van der Waals surface area contributed by atoms with Gasteiger partial charge in [-0.05, 0) is 71.6 Å². The van der Waals surface area contributed by atoms with Crippen LogP contribution in [0.15, 0.2) is 35.1 Å². The van der Waals surface area contributed by atoms with Crippen LogP contribution >= 0.6 is 0 Å².